The van der Waals surface area contributed by atoms with E-state index in [0.29, 0.717) is 0 Å². The van der Waals surface area contributed by atoms with E-state index in [1.54, 1.807) is 0 Å². The van der Waals surface area contributed by atoms with Crippen molar-refractivity contribution in [2.24, 2.45) is 17.8 Å². The Hall–Kier alpha value is 0.310. The molecular weight excluding hydrogens is 250 g/mol. The maximum atomic E-state index is 4.09. The second kappa shape index (κ2) is 7.36. The van der Waals surface area contributed by atoms with Crippen LogP contribution in [-0.4, -0.2) is 23.1 Å². The normalized spacial score (nSPS) is 39.9. The summed E-state index contributed by atoms with van der Waals surface area (Å²) in [5.74, 6) is 3.94. The van der Waals surface area contributed by atoms with Crippen molar-refractivity contribution >= 4 is 11.8 Å². The standard InChI is InChI=1S/C17H33NS/c1-5-19-17-8-6-7-15(17)18-16-11-13(4)9-10-14(16)12(2)3/h12-18H,5-11H2,1-4H3. The summed E-state index contributed by atoms with van der Waals surface area (Å²) < 4.78 is 0. The highest BCUT2D eigenvalue weighted by molar-refractivity contribution is 7.99. The molecule has 0 amide bonds. The van der Waals surface area contributed by atoms with Gasteiger partial charge in [0.15, 0.2) is 0 Å². The Kier molecular flexibility index (Phi) is 6.08. The lowest BCUT2D eigenvalue weighted by atomic mass is 9.74. The quantitative estimate of drug-likeness (QED) is 0.784. The predicted molar refractivity (Wildman–Crippen MR) is 87.8 cm³/mol. The Labute approximate surface area is 124 Å². The first-order chi connectivity index (χ1) is 9.11. The minimum atomic E-state index is 0.784. The third-order valence-corrected chi connectivity index (χ3v) is 6.61. The third kappa shape index (κ3) is 4.14. The van der Waals surface area contributed by atoms with Gasteiger partial charge in [-0.2, -0.15) is 11.8 Å². The Morgan fingerprint density at radius 3 is 2.58 bits per heavy atom. The van der Waals surface area contributed by atoms with Gasteiger partial charge in [-0.1, -0.05) is 40.5 Å². The molecule has 2 aliphatic carbocycles. The zero-order valence-electron chi connectivity index (χ0n) is 13.3. The van der Waals surface area contributed by atoms with Gasteiger partial charge in [-0.15, -0.1) is 0 Å². The molecule has 2 rings (SSSR count). The van der Waals surface area contributed by atoms with Gasteiger partial charge >= 0.3 is 0 Å². The van der Waals surface area contributed by atoms with Crippen molar-refractivity contribution in [1.29, 1.82) is 0 Å². The number of thioether (sulfide) groups is 1. The first kappa shape index (κ1) is 15.7. The van der Waals surface area contributed by atoms with E-state index in [1.165, 1.54) is 44.3 Å². The van der Waals surface area contributed by atoms with Crippen molar-refractivity contribution in [3.05, 3.63) is 0 Å². The Bertz CT molecular complexity index is 266. The van der Waals surface area contributed by atoms with E-state index in [2.05, 4.69) is 44.8 Å². The van der Waals surface area contributed by atoms with Crippen LogP contribution in [0.4, 0.5) is 0 Å². The van der Waals surface area contributed by atoms with Gasteiger partial charge in [0.2, 0.25) is 0 Å². The highest BCUT2D eigenvalue weighted by Gasteiger charge is 2.35. The average molecular weight is 284 g/mol. The van der Waals surface area contributed by atoms with Crippen molar-refractivity contribution < 1.29 is 0 Å². The van der Waals surface area contributed by atoms with E-state index in [0.717, 1.165) is 35.1 Å². The van der Waals surface area contributed by atoms with Crippen molar-refractivity contribution in [2.45, 2.75) is 83.6 Å². The Morgan fingerprint density at radius 2 is 1.89 bits per heavy atom. The molecule has 2 saturated carbocycles. The van der Waals surface area contributed by atoms with Crippen LogP contribution in [0, 0.1) is 17.8 Å². The van der Waals surface area contributed by atoms with Gasteiger partial charge in [-0.25, -0.2) is 0 Å². The van der Waals surface area contributed by atoms with Gasteiger partial charge in [0, 0.05) is 17.3 Å². The molecule has 0 saturated heterocycles. The van der Waals surface area contributed by atoms with Gasteiger partial charge in [0.1, 0.15) is 0 Å². The van der Waals surface area contributed by atoms with Crippen molar-refractivity contribution in [2.75, 3.05) is 5.75 Å². The van der Waals surface area contributed by atoms with Crippen LogP contribution in [0.2, 0.25) is 0 Å². The van der Waals surface area contributed by atoms with E-state index in [4.69, 9.17) is 0 Å². The van der Waals surface area contributed by atoms with Crippen LogP contribution in [0.5, 0.6) is 0 Å². The van der Waals surface area contributed by atoms with Crippen LogP contribution in [0.1, 0.15) is 66.2 Å². The highest BCUT2D eigenvalue weighted by atomic mass is 32.2. The van der Waals surface area contributed by atoms with E-state index in [1.807, 2.05) is 0 Å². The van der Waals surface area contributed by atoms with Gasteiger partial charge in [0.25, 0.3) is 0 Å². The van der Waals surface area contributed by atoms with Crippen LogP contribution in [-0.2, 0) is 0 Å². The first-order valence-corrected chi connectivity index (χ1v) is 9.54. The zero-order valence-corrected chi connectivity index (χ0v) is 14.1. The zero-order chi connectivity index (χ0) is 13.8. The Balaban J connectivity index is 1.94. The fourth-order valence-electron chi connectivity index (χ4n) is 4.20. The molecule has 112 valence electrons. The average Bonchev–Trinajstić information content (AvgIpc) is 2.77. The molecule has 1 nitrogen and oxygen atoms in total. The molecule has 0 aromatic carbocycles. The van der Waals surface area contributed by atoms with Gasteiger partial charge in [-0.3, -0.25) is 0 Å². The summed E-state index contributed by atoms with van der Waals surface area (Å²) in [6, 6.07) is 1.58. The second-order valence-electron chi connectivity index (χ2n) is 7.13. The van der Waals surface area contributed by atoms with E-state index in [9.17, 15) is 0 Å². The molecule has 0 radical (unpaired) electrons. The molecule has 5 atom stereocenters. The number of nitrogens with one attached hydrogen (secondary N) is 1. The molecule has 0 aromatic heterocycles. The van der Waals surface area contributed by atoms with Crippen LogP contribution in [0.3, 0.4) is 0 Å². The van der Waals surface area contributed by atoms with Gasteiger partial charge in [0.05, 0.1) is 0 Å². The van der Waals surface area contributed by atoms with Crippen molar-refractivity contribution in [3.63, 3.8) is 0 Å². The van der Waals surface area contributed by atoms with Crippen LogP contribution in [0.25, 0.3) is 0 Å². The smallest absolute Gasteiger partial charge is 0.0201 e. The van der Waals surface area contributed by atoms with Crippen LogP contribution in [0.15, 0.2) is 0 Å². The SMILES string of the molecule is CCSC1CCCC1NC1CC(C)CCC1C(C)C. The minimum absolute atomic E-state index is 0.784. The number of hydrogen-bond donors (Lipinski definition) is 1. The number of rotatable bonds is 5. The minimum Gasteiger partial charge on any atom is -0.310 e. The molecule has 2 heteroatoms. The molecular formula is C17H33NS. The summed E-state index contributed by atoms with van der Waals surface area (Å²) in [7, 11) is 0. The van der Waals surface area contributed by atoms with Crippen LogP contribution < -0.4 is 5.32 Å². The number of hydrogen-bond acceptors (Lipinski definition) is 2. The maximum Gasteiger partial charge on any atom is 0.0201 e. The molecule has 0 heterocycles. The highest BCUT2D eigenvalue weighted by Crippen LogP contribution is 2.36. The summed E-state index contributed by atoms with van der Waals surface area (Å²) in [5, 5.41) is 4.98. The molecule has 1 N–H and O–H groups in total. The fraction of sp³-hybridized carbons (Fsp3) is 1.00. The topological polar surface area (TPSA) is 12.0 Å². The fourth-order valence-corrected chi connectivity index (χ4v) is 5.41. The molecule has 0 aliphatic heterocycles. The second-order valence-corrected chi connectivity index (χ2v) is 8.65. The summed E-state index contributed by atoms with van der Waals surface area (Å²) in [5.41, 5.74) is 0. The lowest BCUT2D eigenvalue weighted by molar-refractivity contribution is 0.160. The lowest BCUT2D eigenvalue weighted by Crippen LogP contribution is -2.49. The third-order valence-electron chi connectivity index (χ3n) is 5.28. The molecule has 0 aromatic rings. The summed E-state index contributed by atoms with van der Waals surface area (Å²) in [4.78, 5) is 0. The van der Waals surface area contributed by atoms with Gasteiger partial charge < -0.3 is 5.32 Å². The predicted octanol–water partition coefficient (Wildman–Crippen LogP) is 4.71. The summed E-state index contributed by atoms with van der Waals surface area (Å²) in [6.45, 7) is 9.59. The maximum absolute atomic E-state index is 4.09. The summed E-state index contributed by atoms with van der Waals surface area (Å²) >= 11 is 2.18. The molecule has 0 bridgehead atoms. The van der Waals surface area contributed by atoms with Crippen molar-refractivity contribution in [3.8, 4) is 0 Å². The first-order valence-electron chi connectivity index (χ1n) is 8.49. The molecule has 2 aliphatic rings. The van der Waals surface area contributed by atoms with Gasteiger partial charge in [-0.05, 0) is 49.2 Å². The molecule has 19 heavy (non-hydrogen) atoms. The largest absolute Gasteiger partial charge is 0.310 e. The molecule has 0 spiro atoms. The van der Waals surface area contributed by atoms with E-state index < -0.39 is 0 Å². The molecule has 2 fully saturated rings. The monoisotopic (exact) mass is 283 g/mol. The van der Waals surface area contributed by atoms with E-state index in [-0.39, 0.29) is 0 Å². The Morgan fingerprint density at radius 1 is 1.11 bits per heavy atom. The summed E-state index contributed by atoms with van der Waals surface area (Å²) in [6.07, 6.45) is 8.57. The van der Waals surface area contributed by atoms with Crippen LogP contribution >= 0.6 is 11.8 Å². The lowest BCUT2D eigenvalue weighted by Gasteiger charge is -2.40. The molecule has 5 unspecified atom stereocenters. The van der Waals surface area contributed by atoms with Crippen molar-refractivity contribution in [1.82, 2.24) is 5.32 Å². The van der Waals surface area contributed by atoms with E-state index >= 15 is 0 Å².